The summed E-state index contributed by atoms with van der Waals surface area (Å²) in [5.41, 5.74) is 1.91. The van der Waals surface area contributed by atoms with E-state index in [1.54, 1.807) is 43.5 Å². The highest BCUT2D eigenvalue weighted by Crippen LogP contribution is 2.26. The molecule has 0 fully saturated rings. The molecule has 0 aliphatic heterocycles. The third-order valence-electron chi connectivity index (χ3n) is 5.01. The average molecular weight is 449 g/mol. The van der Waals surface area contributed by atoms with Gasteiger partial charge in [0.2, 0.25) is 5.69 Å². The molecule has 4 aromatic rings. The summed E-state index contributed by atoms with van der Waals surface area (Å²) in [6.45, 7) is 3.46. The second-order valence-corrected chi connectivity index (χ2v) is 7.04. The second-order valence-electron chi connectivity index (χ2n) is 7.04. The first-order valence-corrected chi connectivity index (χ1v) is 9.91. The van der Waals surface area contributed by atoms with Crippen LogP contribution in [0.1, 0.15) is 33.5 Å². The molecule has 33 heavy (non-hydrogen) atoms. The van der Waals surface area contributed by atoms with E-state index in [4.69, 9.17) is 4.74 Å². The monoisotopic (exact) mass is 449 g/mol. The minimum absolute atomic E-state index is 0.228. The predicted molar refractivity (Wildman–Crippen MR) is 117 cm³/mol. The molecule has 1 aromatic carbocycles. The van der Waals surface area contributed by atoms with Crippen molar-refractivity contribution in [2.24, 2.45) is 7.05 Å². The van der Waals surface area contributed by atoms with Crippen LogP contribution in [0.3, 0.4) is 0 Å². The summed E-state index contributed by atoms with van der Waals surface area (Å²) in [6, 6.07) is 8.55. The Morgan fingerprint density at radius 1 is 1.27 bits per heavy atom. The van der Waals surface area contributed by atoms with Crippen LogP contribution in [-0.4, -0.2) is 47.8 Å². The fourth-order valence-corrected chi connectivity index (χ4v) is 3.38. The lowest BCUT2D eigenvalue weighted by Crippen LogP contribution is -2.14. The molecule has 4 rings (SSSR count). The molecular formula is C21H19N7O5. The molecule has 3 aromatic heterocycles. The molecule has 12 nitrogen and oxygen atoms in total. The smallest absolute Gasteiger partial charge is 0.343 e. The molecule has 0 spiro atoms. The Morgan fingerprint density at radius 3 is 2.79 bits per heavy atom. The van der Waals surface area contributed by atoms with E-state index in [0.29, 0.717) is 22.6 Å². The molecule has 0 saturated heterocycles. The first-order valence-electron chi connectivity index (χ1n) is 9.91. The summed E-state index contributed by atoms with van der Waals surface area (Å²) < 4.78 is 7.83. The van der Waals surface area contributed by atoms with Crippen LogP contribution >= 0.6 is 0 Å². The van der Waals surface area contributed by atoms with Crippen LogP contribution in [0.2, 0.25) is 0 Å². The van der Waals surface area contributed by atoms with E-state index in [1.807, 2.05) is 0 Å². The molecule has 0 radical (unpaired) electrons. The Hall–Kier alpha value is -4.61. The fourth-order valence-electron chi connectivity index (χ4n) is 3.38. The summed E-state index contributed by atoms with van der Waals surface area (Å²) in [4.78, 5) is 39.9. The minimum Gasteiger partial charge on any atom is -0.462 e. The standard InChI is InChI=1S/C21H19N7O5/c1-4-33-21(30)15-11-23-27-16(8-9-22-19(15)27)13-6-5-7-14(10-13)24-20(29)17-18(28(31)32)12(2)26(3)25-17/h5-11H,4H2,1-3H3,(H,24,29). The van der Waals surface area contributed by atoms with Crippen molar-refractivity contribution in [2.45, 2.75) is 13.8 Å². The number of ether oxygens (including phenoxy) is 1. The molecule has 0 aliphatic carbocycles. The van der Waals surface area contributed by atoms with Crippen molar-refractivity contribution >= 4 is 28.9 Å². The van der Waals surface area contributed by atoms with Crippen LogP contribution in [0, 0.1) is 17.0 Å². The van der Waals surface area contributed by atoms with Gasteiger partial charge in [0.05, 0.1) is 23.4 Å². The van der Waals surface area contributed by atoms with Gasteiger partial charge in [-0.15, -0.1) is 0 Å². The van der Waals surface area contributed by atoms with Gasteiger partial charge in [0.25, 0.3) is 5.91 Å². The number of nitro groups is 1. The van der Waals surface area contributed by atoms with Crippen molar-refractivity contribution in [3.05, 3.63) is 69.8 Å². The molecule has 3 heterocycles. The van der Waals surface area contributed by atoms with Crippen LogP contribution in [0.4, 0.5) is 11.4 Å². The van der Waals surface area contributed by atoms with Gasteiger partial charge in [-0.2, -0.15) is 10.2 Å². The maximum atomic E-state index is 12.7. The molecule has 0 unspecified atom stereocenters. The zero-order valence-corrected chi connectivity index (χ0v) is 18.0. The normalized spacial score (nSPS) is 10.9. The summed E-state index contributed by atoms with van der Waals surface area (Å²) in [5.74, 6) is -1.23. The first kappa shape index (κ1) is 21.6. The van der Waals surface area contributed by atoms with Gasteiger partial charge >= 0.3 is 11.7 Å². The molecule has 0 bridgehead atoms. The van der Waals surface area contributed by atoms with E-state index in [2.05, 4.69) is 20.5 Å². The fraction of sp³-hybridized carbons (Fsp3) is 0.190. The van der Waals surface area contributed by atoms with Crippen molar-refractivity contribution in [1.82, 2.24) is 24.4 Å². The molecule has 12 heteroatoms. The third kappa shape index (κ3) is 3.89. The Morgan fingerprint density at radius 2 is 2.06 bits per heavy atom. The largest absolute Gasteiger partial charge is 0.462 e. The van der Waals surface area contributed by atoms with Crippen molar-refractivity contribution in [3.8, 4) is 11.3 Å². The predicted octanol–water partition coefficient (Wildman–Crippen LogP) is 2.78. The second kappa shape index (κ2) is 8.49. The van der Waals surface area contributed by atoms with Gasteiger partial charge in [0, 0.05) is 24.5 Å². The van der Waals surface area contributed by atoms with Crippen LogP contribution in [0.15, 0.2) is 42.7 Å². The highest BCUT2D eigenvalue weighted by molar-refractivity contribution is 6.06. The van der Waals surface area contributed by atoms with Gasteiger partial charge in [-0.3, -0.25) is 19.6 Å². The van der Waals surface area contributed by atoms with Gasteiger partial charge in [0.1, 0.15) is 11.3 Å². The average Bonchev–Trinajstić information content (AvgIpc) is 3.35. The first-order chi connectivity index (χ1) is 15.8. The number of hydrogen-bond acceptors (Lipinski definition) is 8. The van der Waals surface area contributed by atoms with Gasteiger partial charge in [-0.1, -0.05) is 12.1 Å². The number of aryl methyl sites for hydroxylation is 1. The molecular weight excluding hydrogens is 430 g/mol. The number of benzene rings is 1. The van der Waals surface area contributed by atoms with Crippen LogP contribution in [0.5, 0.6) is 0 Å². The van der Waals surface area contributed by atoms with Crippen molar-refractivity contribution in [2.75, 3.05) is 11.9 Å². The number of aromatic nitrogens is 5. The van der Waals surface area contributed by atoms with E-state index >= 15 is 0 Å². The summed E-state index contributed by atoms with van der Waals surface area (Å²) in [7, 11) is 1.53. The van der Waals surface area contributed by atoms with Crippen LogP contribution in [0.25, 0.3) is 16.9 Å². The number of nitrogens with one attached hydrogen (secondary N) is 1. The number of hydrogen-bond donors (Lipinski definition) is 1. The van der Waals surface area contributed by atoms with E-state index in [0.717, 1.165) is 0 Å². The van der Waals surface area contributed by atoms with Gasteiger partial charge in [-0.05, 0) is 32.0 Å². The maximum Gasteiger partial charge on any atom is 0.343 e. The molecule has 0 atom stereocenters. The Labute approximate surface area is 187 Å². The number of esters is 1. The van der Waals surface area contributed by atoms with Crippen molar-refractivity contribution < 1.29 is 19.2 Å². The minimum atomic E-state index is -0.703. The lowest BCUT2D eigenvalue weighted by Gasteiger charge is -2.08. The number of amides is 1. The molecule has 0 saturated carbocycles. The Kier molecular flexibility index (Phi) is 5.56. The van der Waals surface area contributed by atoms with Crippen LogP contribution < -0.4 is 5.32 Å². The van der Waals surface area contributed by atoms with Gasteiger partial charge in [0.15, 0.2) is 5.65 Å². The number of anilines is 1. The quantitative estimate of drug-likeness (QED) is 0.268. The van der Waals surface area contributed by atoms with E-state index in [9.17, 15) is 19.7 Å². The molecule has 0 aliphatic rings. The Balaban J connectivity index is 1.68. The third-order valence-corrected chi connectivity index (χ3v) is 5.01. The Bertz CT molecular complexity index is 1410. The number of rotatable bonds is 6. The van der Waals surface area contributed by atoms with E-state index in [-0.39, 0.29) is 29.2 Å². The molecule has 168 valence electrons. The lowest BCUT2D eigenvalue weighted by molar-refractivity contribution is -0.385. The number of carbonyl (C=O) groups is 2. The van der Waals surface area contributed by atoms with Crippen LogP contribution in [-0.2, 0) is 11.8 Å². The number of carbonyl (C=O) groups excluding carboxylic acids is 2. The van der Waals surface area contributed by atoms with E-state index < -0.39 is 16.8 Å². The van der Waals surface area contributed by atoms with Gasteiger partial charge < -0.3 is 10.1 Å². The highest BCUT2D eigenvalue weighted by atomic mass is 16.6. The number of fused-ring (bicyclic) bond motifs is 1. The highest BCUT2D eigenvalue weighted by Gasteiger charge is 2.29. The SMILES string of the molecule is CCOC(=O)c1cnn2c(-c3cccc(NC(=O)c4nn(C)c(C)c4[N+](=O)[O-])c3)ccnc12. The van der Waals surface area contributed by atoms with Gasteiger partial charge in [-0.25, -0.2) is 14.3 Å². The summed E-state index contributed by atoms with van der Waals surface area (Å²) in [6.07, 6.45) is 2.93. The molecule has 1 N–H and O–H groups in total. The molecule has 1 amide bonds. The maximum absolute atomic E-state index is 12.7. The van der Waals surface area contributed by atoms with Crippen molar-refractivity contribution in [3.63, 3.8) is 0 Å². The summed E-state index contributed by atoms with van der Waals surface area (Å²) in [5, 5.41) is 22.3. The zero-order valence-electron chi connectivity index (χ0n) is 18.0. The topological polar surface area (TPSA) is 147 Å². The zero-order chi connectivity index (χ0) is 23.7. The van der Waals surface area contributed by atoms with Crippen molar-refractivity contribution in [1.29, 1.82) is 0 Å². The lowest BCUT2D eigenvalue weighted by atomic mass is 10.1. The van der Waals surface area contributed by atoms with E-state index in [1.165, 1.54) is 29.4 Å². The summed E-state index contributed by atoms with van der Waals surface area (Å²) >= 11 is 0. The number of nitrogens with zero attached hydrogens (tertiary/aromatic N) is 6.